The smallest absolute Gasteiger partial charge is 0.305 e. The second-order valence-electron chi connectivity index (χ2n) is 5.73. The molecule has 5 nitrogen and oxygen atoms in total. The summed E-state index contributed by atoms with van der Waals surface area (Å²) < 4.78 is 4.69. The molecule has 5 heteroatoms. The Morgan fingerprint density at radius 3 is 2.56 bits per heavy atom. The Bertz CT molecular complexity index is 326. The Balaban J connectivity index is 2.66. The molecule has 0 aliphatic carbocycles. The van der Waals surface area contributed by atoms with E-state index in [0.717, 1.165) is 12.8 Å². The van der Waals surface area contributed by atoms with Crippen molar-refractivity contribution in [3.8, 4) is 0 Å². The number of rotatable bonds is 3. The summed E-state index contributed by atoms with van der Waals surface area (Å²) in [5.41, 5.74) is 5.41. The van der Waals surface area contributed by atoms with Gasteiger partial charge in [-0.2, -0.15) is 0 Å². The van der Waals surface area contributed by atoms with Gasteiger partial charge in [-0.3, -0.25) is 9.59 Å². The largest absolute Gasteiger partial charge is 0.469 e. The summed E-state index contributed by atoms with van der Waals surface area (Å²) in [5, 5.41) is 0. The molecule has 0 saturated carbocycles. The monoisotopic (exact) mass is 256 g/mol. The van der Waals surface area contributed by atoms with Gasteiger partial charge in [-0.15, -0.1) is 0 Å². The number of methoxy groups -OCH3 is 1. The van der Waals surface area contributed by atoms with Crippen molar-refractivity contribution in [2.24, 2.45) is 11.7 Å². The highest BCUT2D eigenvalue weighted by molar-refractivity contribution is 5.82. The van der Waals surface area contributed by atoms with Gasteiger partial charge in [0.15, 0.2) is 0 Å². The number of nitrogens with zero attached hydrogens (tertiary/aromatic N) is 1. The molecule has 1 aliphatic heterocycles. The van der Waals surface area contributed by atoms with Gasteiger partial charge in [0.25, 0.3) is 0 Å². The third-order valence-corrected chi connectivity index (χ3v) is 3.62. The normalized spacial score (nSPS) is 24.5. The molecule has 2 N–H and O–H groups in total. The zero-order chi connectivity index (χ0) is 13.9. The predicted octanol–water partition coefficient (Wildman–Crippen LogP) is 0.914. The lowest BCUT2D eigenvalue weighted by Crippen LogP contribution is -2.56. The van der Waals surface area contributed by atoms with E-state index in [1.807, 2.05) is 18.7 Å². The number of hydrogen-bond donors (Lipinski definition) is 1. The Hall–Kier alpha value is -1.10. The van der Waals surface area contributed by atoms with Crippen LogP contribution in [0, 0.1) is 5.92 Å². The highest BCUT2D eigenvalue weighted by Gasteiger charge is 2.38. The van der Waals surface area contributed by atoms with Crippen LogP contribution < -0.4 is 5.73 Å². The lowest BCUT2D eigenvalue weighted by atomic mass is 9.80. The molecular formula is C13H24N2O3. The maximum absolute atomic E-state index is 12.0. The van der Waals surface area contributed by atoms with Crippen molar-refractivity contribution in [1.82, 2.24) is 4.90 Å². The van der Waals surface area contributed by atoms with Gasteiger partial charge in [0.2, 0.25) is 5.91 Å². The highest BCUT2D eigenvalue weighted by Crippen LogP contribution is 2.33. The van der Waals surface area contributed by atoms with E-state index in [4.69, 9.17) is 10.5 Å². The molecule has 2 atom stereocenters. The van der Waals surface area contributed by atoms with Gasteiger partial charge in [0.05, 0.1) is 13.2 Å². The summed E-state index contributed by atoms with van der Waals surface area (Å²) in [6, 6.07) is -0.471. The van der Waals surface area contributed by atoms with Crippen LogP contribution >= 0.6 is 0 Å². The molecule has 1 amide bonds. The van der Waals surface area contributed by atoms with E-state index >= 15 is 0 Å². The zero-order valence-corrected chi connectivity index (χ0v) is 11.7. The maximum atomic E-state index is 12.0. The Labute approximate surface area is 109 Å². The van der Waals surface area contributed by atoms with E-state index in [-0.39, 0.29) is 23.3 Å². The van der Waals surface area contributed by atoms with E-state index in [2.05, 4.69) is 0 Å². The van der Waals surface area contributed by atoms with Crippen molar-refractivity contribution in [3.05, 3.63) is 0 Å². The average molecular weight is 256 g/mol. The first-order chi connectivity index (χ1) is 8.27. The summed E-state index contributed by atoms with van der Waals surface area (Å²) in [7, 11) is 1.40. The second-order valence-corrected chi connectivity index (χ2v) is 5.73. The molecule has 18 heavy (non-hydrogen) atoms. The third kappa shape index (κ3) is 3.45. The number of esters is 1. The number of amides is 1. The van der Waals surface area contributed by atoms with Crippen molar-refractivity contribution in [2.75, 3.05) is 13.7 Å². The zero-order valence-electron chi connectivity index (χ0n) is 11.7. The van der Waals surface area contributed by atoms with Crippen molar-refractivity contribution in [1.29, 1.82) is 0 Å². The van der Waals surface area contributed by atoms with E-state index in [1.54, 1.807) is 6.92 Å². The Morgan fingerprint density at radius 2 is 2.11 bits per heavy atom. The van der Waals surface area contributed by atoms with Gasteiger partial charge in [-0.05, 0) is 39.5 Å². The number of carbonyl (C=O) groups excluding carboxylic acids is 2. The van der Waals surface area contributed by atoms with Crippen LogP contribution in [0.25, 0.3) is 0 Å². The molecule has 0 aromatic carbocycles. The fourth-order valence-electron chi connectivity index (χ4n) is 2.68. The first kappa shape index (κ1) is 15.0. The Kier molecular flexibility index (Phi) is 4.73. The minimum absolute atomic E-state index is 0.0171. The minimum atomic E-state index is -0.471. The van der Waals surface area contributed by atoms with Crippen molar-refractivity contribution >= 4 is 11.9 Å². The summed E-state index contributed by atoms with van der Waals surface area (Å²) in [5.74, 6) is 0.0869. The van der Waals surface area contributed by atoms with Crippen LogP contribution in [0.1, 0.15) is 40.0 Å². The quantitative estimate of drug-likeness (QED) is 0.762. The lowest BCUT2D eigenvalue weighted by molar-refractivity contribution is -0.144. The van der Waals surface area contributed by atoms with Crippen LogP contribution in [0.15, 0.2) is 0 Å². The van der Waals surface area contributed by atoms with Crippen LogP contribution in [0.5, 0.6) is 0 Å². The van der Waals surface area contributed by atoms with Gasteiger partial charge in [-0.25, -0.2) is 0 Å². The molecule has 0 spiro atoms. The van der Waals surface area contributed by atoms with E-state index in [0.29, 0.717) is 13.0 Å². The average Bonchev–Trinajstić information content (AvgIpc) is 2.26. The SMILES string of the molecule is COC(=O)CC1CCN(C(=O)[C@H](C)N)C(C)(C)C1. The first-order valence-electron chi connectivity index (χ1n) is 6.42. The number of ether oxygens (including phenoxy) is 1. The molecule has 1 saturated heterocycles. The summed E-state index contributed by atoms with van der Waals surface area (Å²) in [6.07, 6.45) is 2.07. The first-order valence-corrected chi connectivity index (χ1v) is 6.42. The van der Waals surface area contributed by atoms with Gasteiger partial charge in [0.1, 0.15) is 0 Å². The standard InChI is InChI=1S/C13H24N2O3/c1-9(14)12(17)15-6-5-10(7-11(16)18-4)8-13(15,2)3/h9-10H,5-8,14H2,1-4H3/t9-,10?/m0/s1. The third-order valence-electron chi connectivity index (χ3n) is 3.62. The van der Waals surface area contributed by atoms with E-state index in [1.165, 1.54) is 7.11 Å². The molecule has 1 unspecified atom stereocenters. The van der Waals surface area contributed by atoms with Crippen molar-refractivity contribution in [3.63, 3.8) is 0 Å². The van der Waals surface area contributed by atoms with Gasteiger partial charge >= 0.3 is 5.97 Å². The summed E-state index contributed by atoms with van der Waals surface area (Å²) >= 11 is 0. The fourth-order valence-corrected chi connectivity index (χ4v) is 2.68. The molecule has 0 bridgehead atoms. The summed E-state index contributed by atoms with van der Waals surface area (Å²) in [6.45, 7) is 6.42. The van der Waals surface area contributed by atoms with Crippen molar-refractivity contribution in [2.45, 2.75) is 51.6 Å². The minimum Gasteiger partial charge on any atom is -0.469 e. The summed E-state index contributed by atoms with van der Waals surface area (Å²) in [4.78, 5) is 25.1. The van der Waals surface area contributed by atoms with Crippen LogP contribution in [0.2, 0.25) is 0 Å². The van der Waals surface area contributed by atoms with Crippen LogP contribution in [-0.4, -0.2) is 42.0 Å². The molecular weight excluding hydrogens is 232 g/mol. The van der Waals surface area contributed by atoms with Gasteiger partial charge < -0.3 is 15.4 Å². The maximum Gasteiger partial charge on any atom is 0.305 e. The molecule has 104 valence electrons. The number of carbonyl (C=O) groups is 2. The fraction of sp³-hybridized carbons (Fsp3) is 0.846. The number of likely N-dealkylation sites (tertiary alicyclic amines) is 1. The van der Waals surface area contributed by atoms with Crippen LogP contribution in [0.4, 0.5) is 0 Å². The van der Waals surface area contributed by atoms with E-state index < -0.39 is 6.04 Å². The Morgan fingerprint density at radius 1 is 1.50 bits per heavy atom. The number of nitrogens with two attached hydrogens (primary N) is 1. The number of piperidine rings is 1. The second kappa shape index (κ2) is 5.69. The van der Waals surface area contributed by atoms with Crippen LogP contribution in [-0.2, 0) is 14.3 Å². The number of hydrogen-bond acceptors (Lipinski definition) is 4. The highest BCUT2D eigenvalue weighted by atomic mass is 16.5. The molecule has 1 rings (SSSR count). The predicted molar refractivity (Wildman–Crippen MR) is 68.8 cm³/mol. The van der Waals surface area contributed by atoms with Crippen molar-refractivity contribution < 1.29 is 14.3 Å². The lowest BCUT2D eigenvalue weighted by Gasteiger charge is -2.46. The van der Waals surface area contributed by atoms with E-state index in [9.17, 15) is 9.59 Å². The molecule has 0 aromatic heterocycles. The molecule has 1 aliphatic rings. The van der Waals surface area contributed by atoms with Crippen LogP contribution in [0.3, 0.4) is 0 Å². The molecule has 1 heterocycles. The molecule has 0 aromatic rings. The topological polar surface area (TPSA) is 72.6 Å². The van der Waals surface area contributed by atoms with Gasteiger partial charge in [0, 0.05) is 18.5 Å². The molecule has 0 radical (unpaired) electrons. The van der Waals surface area contributed by atoms with Gasteiger partial charge in [-0.1, -0.05) is 0 Å². The molecule has 1 fully saturated rings.